The predicted octanol–water partition coefficient (Wildman–Crippen LogP) is 2.56. The average molecular weight is 243 g/mol. The largest absolute Gasteiger partial charge is 0.504 e. The number of ether oxygens (including phenoxy) is 1. The summed E-state index contributed by atoms with van der Waals surface area (Å²) in [6.45, 7) is 0.0369. The van der Waals surface area contributed by atoms with Crippen LogP contribution in [0.25, 0.3) is 6.08 Å². The number of aliphatic hydroxyl groups excluding tert-OH is 1. The number of rotatable bonds is 3. The van der Waals surface area contributed by atoms with E-state index in [0.29, 0.717) is 0 Å². The molecule has 1 aromatic rings. The Balaban J connectivity index is 3.01. The Hall–Kier alpha value is -0.800. The van der Waals surface area contributed by atoms with E-state index in [9.17, 15) is 0 Å². The molecule has 0 unspecified atom stereocenters. The van der Waals surface area contributed by atoms with Gasteiger partial charge in [-0.3, -0.25) is 0 Å². The van der Waals surface area contributed by atoms with Gasteiger partial charge in [0.15, 0.2) is 0 Å². The number of hydrogen-bond acceptors (Lipinski definition) is 2. The van der Waals surface area contributed by atoms with Crippen LogP contribution in [0.3, 0.4) is 0 Å². The van der Waals surface area contributed by atoms with Crippen LogP contribution in [0, 0.1) is 0 Å². The highest BCUT2D eigenvalue weighted by atomic mass is 79.9. The van der Waals surface area contributed by atoms with Gasteiger partial charge in [0, 0.05) is 4.47 Å². The Morgan fingerprint density at radius 1 is 1.54 bits per heavy atom. The van der Waals surface area contributed by atoms with E-state index in [2.05, 4.69) is 15.9 Å². The second-order valence-electron chi connectivity index (χ2n) is 2.52. The Labute approximate surface area is 86.0 Å². The fourth-order valence-corrected chi connectivity index (χ4v) is 1.51. The minimum atomic E-state index is 0.0369. The molecule has 0 fully saturated rings. The minimum absolute atomic E-state index is 0.0369. The summed E-state index contributed by atoms with van der Waals surface area (Å²) in [5.41, 5.74) is 1.87. The maximum atomic E-state index is 8.98. The second-order valence-corrected chi connectivity index (χ2v) is 3.31. The summed E-state index contributed by atoms with van der Waals surface area (Å²) in [5.74, 6) is 0. The van der Waals surface area contributed by atoms with E-state index in [-0.39, 0.29) is 6.61 Å². The van der Waals surface area contributed by atoms with Gasteiger partial charge in [-0.2, -0.15) is 0 Å². The van der Waals surface area contributed by atoms with E-state index in [1.54, 1.807) is 13.4 Å². The third-order valence-corrected chi connectivity index (χ3v) is 2.63. The molecule has 0 aliphatic heterocycles. The van der Waals surface area contributed by atoms with Gasteiger partial charge in [0.1, 0.15) is 0 Å². The van der Waals surface area contributed by atoms with Crippen molar-refractivity contribution in [3.05, 3.63) is 40.1 Å². The smallest absolute Gasteiger partial charge is 0.0830 e. The summed E-state index contributed by atoms with van der Waals surface area (Å²) >= 11 is 3.40. The molecule has 0 amide bonds. The zero-order valence-corrected chi connectivity index (χ0v) is 8.91. The lowest BCUT2D eigenvalue weighted by Gasteiger charge is -2.03. The number of benzene rings is 1. The molecule has 1 rings (SSSR count). The third kappa shape index (κ3) is 2.57. The highest BCUT2D eigenvalue weighted by Gasteiger charge is 2.01. The van der Waals surface area contributed by atoms with E-state index in [0.717, 1.165) is 15.6 Å². The highest BCUT2D eigenvalue weighted by Crippen LogP contribution is 2.22. The van der Waals surface area contributed by atoms with Crippen molar-refractivity contribution in [2.45, 2.75) is 6.61 Å². The monoisotopic (exact) mass is 242 g/mol. The maximum absolute atomic E-state index is 8.98. The van der Waals surface area contributed by atoms with Gasteiger partial charge in [0.05, 0.1) is 20.0 Å². The van der Waals surface area contributed by atoms with E-state index in [4.69, 9.17) is 9.84 Å². The normalized spacial score (nSPS) is 10.7. The molecule has 0 atom stereocenters. The lowest BCUT2D eigenvalue weighted by molar-refractivity contribution is 0.281. The summed E-state index contributed by atoms with van der Waals surface area (Å²) in [4.78, 5) is 0. The molecular weight excluding hydrogens is 232 g/mol. The lowest BCUT2D eigenvalue weighted by atomic mass is 10.1. The molecule has 70 valence electrons. The first kappa shape index (κ1) is 10.3. The first-order valence-electron chi connectivity index (χ1n) is 3.87. The van der Waals surface area contributed by atoms with Gasteiger partial charge in [-0.1, -0.05) is 18.2 Å². The van der Waals surface area contributed by atoms with Crippen molar-refractivity contribution in [2.24, 2.45) is 0 Å². The molecular formula is C10H11BrO2. The number of methoxy groups -OCH3 is 1. The number of halogens is 1. The van der Waals surface area contributed by atoms with Gasteiger partial charge in [-0.25, -0.2) is 0 Å². The van der Waals surface area contributed by atoms with Gasteiger partial charge >= 0.3 is 0 Å². The summed E-state index contributed by atoms with van der Waals surface area (Å²) in [7, 11) is 1.60. The Bertz CT molecular complexity index is 308. The Morgan fingerprint density at radius 3 is 2.92 bits per heavy atom. The number of aliphatic hydroxyl groups is 1. The molecule has 1 N–H and O–H groups in total. The van der Waals surface area contributed by atoms with E-state index < -0.39 is 0 Å². The molecule has 3 heteroatoms. The first-order chi connectivity index (χ1) is 6.29. The number of hydrogen-bond donors (Lipinski definition) is 1. The van der Waals surface area contributed by atoms with Crippen molar-refractivity contribution in [1.29, 1.82) is 0 Å². The summed E-state index contributed by atoms with van der Waals surface area (Å²) in [6, 6.07) is 5.71. The average Bonchev–Trinajstić information content (AvgIpc) is 2.16. The molecule has 0 aliphatic rings. The van der Waals surface area contributed by atoms with Crippen LogP contribution < -0.4 is 0 Å². The fraction of sp³-hybridized carbons (Fsp3) is 0.200. The van der Waals surface area contributed by atoms with Crippen molar-refractivity contribution in [3.8, 4) is 0 Å². The van der Waals surface area contributed by atoms with Crippen molar-refractivity contribution in [1.82, 2.24) is 0 Å². The maximum Gasteiger partial charge on any atom is 0.0830 e. The van der Waals surface area contributed by atoms with Crippen LogP contribution >= 0.6 is 15.9 Å². The Morgan fingerprint density at radius 2 is 2.31 bits per heavy atom. The Kier molecular flexibility index (Phi) is 3.99. The van der Waals surface area contributed by atoms with E-state index in [1.165, 1.54) is 0 Å². The second kappa shape index (κ2) is 5.04. The molecule has 1 aromatic carbocycles. The molecule has 0 aliphatic carbocycles. The standard InChI is InChI=1S/C10H11BrO2/c1-13-6-5-8-3-2-4-9(7-12)10(8)11/h2-6,12H,7H2,1H3/b6-5+. The van der Waals surface area contributed by atoms with Crippen molar-refractivity contribution in [3.63, 3.8) is 0 Å². The van der Waals surface area contributed by atoms with Crippen molar-refractivity contribution in [2.75, 3.05) is 7.11 Å². The molecule has 0 spiro atoms. The quantitative estimate of drug-likeness (QED) is 0.826. The molecule has 13 heavy (non-hydrogen) atoms. The van der Waals surface area contributed by atoms with Gasteiger partial charge in [-0.15, -0.1) is 0 Å². The predicted molar refractivity (Wildman–Crippen MR) is 56.1 cm³/mol. The first-order valence-corrected chi connectivity index (χ1v) is 4.66. The molecule has 0 saturated carbocycles. The van der Waals surface area contributed by atoms with Crippen LogP contribution in [0.15, 0.2) is 28.9 Å². The van der Waals surface area contributed by atoms with Crippen LogP contribution in [0.4, 0.5) is 0 Å². The van der Waals surface area contributed by atoms with Crippen LogP contribution in [0.2, 0.25) is 0 Å². The molecule has 0 heterocycles. The van der Waals surface area contributed by atoms with Crippen molar-refractivity contribution >= 4 is 22.0 Å². The zero-order valence-electron chi connectivity index (χ0n) is 7.33. The minimum Gasteiger partial charge on any atom is -0.504 e. The van der Waals surface area contributed by atoms with Crippen molar-refractivity contribution < 1.29 is 9.84 Å². The lowest BCUT2D eigenvalue weighted by Crippen LogP contribution is -1.87. The molecule has 0 bridgehead atoms. The molecule has 0 radical (unpaired) electrons. The topological polar surface area (TPSA) is 29.5 Å². The van der Waals surface area contributed by atoms with Gasteiger partial charge in [-0.05, 0) is 33.1 Å². The summed E-state index contributed by atoms with van der Waals surface area (Å²) < 4.78 is 5.72. The van der Waals surface area contributed by atoms with Crippen LogP contribution in [0.5, 0.6) is 0 Å². The summed E-state index contributed by atoms with van der Waals surface area (Å²) in [6.07, 6.45) is 3.44. The molecule has 0 saturated heterocycles. The SMILES string of the molecule is CO/C=C/c1cccc(CO)c1Br. The van der Waals surface area contributed by atoms with Gasteiger partial charge in [0.2, 0.25) is 0 Å². The van der Waals surface area contributed by atoms with Gasteiger partial charge < -0.3 is 9.84 Å². The summed E-state index contributed by atoms with van der Waals surface area (Å²) in [5, 5.41) is 8.98. The molecule has 0 aromatic heterocycles. The van der Waals surface area contributed by atoms with E-state index in [1.807, 2.05) is 24.3 Å². The zero-order chi connectivity index (χ0) is 9.68. The fourth-order valence-electron chi connectivity index (χ4n) is 0.992. The third-order valence-electron chi connectivity index (χ3n) is 1.66. The van der Waals surface area contributed by atoms with Gasteiger partial charge in [0.25, 0.3) is 0 Å². The van der Waals surface area contributed by atoms with E-state index >= 15 is 0 Å². The highest BCUT2D eigenvalue weighted by molar-refractivity contribution is 9.10. The van der Waals surface area contributed by atoms with Crippen LogP contribution in [0.1, 0.15) is 11.1 Å². The van der Waals surface area contributed by atoms with Crippen LogP contribution in [-0.2, 0) is 11.3 Å². The van der Waals surface area contributed by atoms with Crippen LogP contribution in [-0.4, -0.2) is 12.2 Å². The molecule has 2 nitrogen and oxygen atoms in total.